The molecule has 3 nitrogen and oxygen atoms in total. The summed E-state index contributed by atoms with van der Waals surface area (Å²) in [6.45, 7) is 12.2. The van der Waals surface area contributed by atoms with Crippen molar-refractivity contribution in [3.8, 4) is 0 Å². The minimum Gasteiger partial charge on any atom is -0.411 e. The van der Waals surface area contributed by atoms with Crippen LogP contribution in [0.5, 0.6) is 0 Å². The summed E-state index contributed by atoms with van der Waals surface area (Å²) >= 11 is 0. The van der Waals surface area contributed by atoms with Crippen LogP contribution >= 0.6 is 0 Å². The Morgan fingerprint density at radius 3 is 2.24 bits per heavy atom. The van der Waals surface area contributed by atoms with Gasteiger partial charge in [0.2, 0.25) is 0 Å². The van der Waals surface area contributed by atoms with Gasteiger partial charge < -0.3 is 9.63 Å². The molecule has 0 aliphatic rings. The fourth-order valence-corrected chi connectivity index (χ4v) is 3.05. The Balaban J connectivity index is 3.03. The molecule has 0 amide bonds. The molecule has 0 radical (unpaired) electrons. The molecule has 0 bridgehead atoms. The first-order valence-corrected chi connectivity index (χ1v) is 9.75. The largest absolute Gasteiger partial charge is 0.411 e. The summed E-state index contributed by atoms with van der Waals surface area (Å²) in [6.07, 6.45) is -0.513. The number of rotatable bonds is 4. The third kappa shape index (κ3) is 4.10. The number of nitrogens with zero attached hydrogens (tertiary/aromatic N) is 1. The first-order valence-electron chi connectivity index (χ1n) is 6.85. The Labute approximate surface area is 125 Å². The van der Waals surface area contributed by atoms with E-state index in [9.17, 15) is 14.0 Å². The molecule has 0 aliphatic heterocycles. The average Bonchev–Trinajstić information content (AvgIpc) is 2.32. The zero-order chi connectivity index (χ0) is 16.4. The van der Waals surface area contributed by atoms with Crippen LogP contribution in [0, 0.1) is 11.6 Å². The molecule has 0 saturated carbocycles. The van der Waals surface area contributed by atoms with Gasteiger partial charge in [-0.05, 0) is 43.3 Å². The van der Waals surface area contributed by atoms with Crippen molar-refractivity contribution in [3.05, 3.63) is 35.4 Å². The number of halogens is 2. The number of hydrogen-bond acceptors (Lipinski definition) is 3. The van der Waals surface area contributed by atoms with Crippen LogP contribution in [0.15, 0.2) is 23.4 Å². The van der Waals surface area contributed by atoms with Gasteiger partial charge in [-0.15, -0.1) is 0 Å². The van der Waals surface area contributed by atoms with Gasteiger partial charge in [-0.1, -0.05) is 25.9 Å². The maximum atomic E-state index is 13.3. The van der Waals surface area contributed by atoms with E-state index in [0.717, 1.165) is 12.1 Å². The molecule has 0 aliphatic carbocycles. The van der Waals surface area contributed by atoms with E-state index in [1.807, 2.05) is 0 Å². The third-order valence-corrected chi connectivity index (χ3v) is 8.54. The predicted molar refractivity (Wildman–Crippen MR) is 82.4 cm³/mol. The van der Waals surface area contributed by atoms with Crippen molar-refractivity contribution in [2.75, 3.05) is 0 Å². The normalized spacial score (nSPS) is 15.1. The molecule has 0 spiro atoms. The molecular weight excluding hydrogens is 292 g/mol. The van der Waals surface area contributed by atoms with E-state index in [1.165, 1.54) is 6.07 Å². The van der Waals surface area contributed by atoms with E-state index in [1.54, 1.807) is 6.92 Å². The highest BCUT2D eigenvalue weighted by Gasteiger charge is 2.39. The van der Waals surface area contributed by atoms with Gasteiger partial charge in [-0.2, -0.15) is 0 Å². The third-order valence-electron chi connectivity index (χ3n) is 3.99. The van der Waals surface area contributed by atoms with Crippen molar-refractivity contribution in [1.82, 2.24) is 0 Å². The zero-order valence-corrected chi connectivity index (χ0v) is 14.4. The van der Waals surface area contributed by atoms with Gasteiger partial charge in [0.05, 0.1) is 6.10 Å². The Kier molecular flexibility index (Phi) is 5.28. The van der Waals surface area contributed by atoms with Gasteiger partial charge >= 0.3 is 0 Å². The lowest BCUT2D eigenvalue weighted by molar-refractivity contribution is 0.247. The summed E-state index contributed by atoms with van der Waals surface area (Å²) in [5.74, 6) is -1.91. The number of benzene rings is 1. The highest BCUT2D eigenvalue weighted by atomic mass is 28.4. The Morgan fingerprint density at radius 2 is 1.81 bits per heavy atom. The molecule has 1 N–H and O–H groups in total. The molecule has 21 heavy (non-hydrogen) atoms. The van der Waals surface area contributed by atoms with E-state index in [-0.39, 0.29) is 10.7 Å². The topological polar surface area (TPSA) is 41.8 Å². The van der Waals surface area contributed by atoms with Crippen molar-refractivity contribution in [3.63, 3.8) is 0 Å². The monoisotopic (exact) mass is 315 g/mol. The molecule has 0 fully saturated rings. The van der Waals surface area contributed by atoms with E-state index >= 15 is 0 Å². The lowest BCUT2D eigenvalue weighted by Gasteiger charge is -2.38. The SMILES string of the molecule is C[C@H](O[Si](C)(C)C(C)(C)C)/C(=N/O)c1ccc(F)c(F)c1. The minimum absolute atomic E-state index is 0.00410. The van der Waals surface area contributed by atoms with Crippen molar-refractivity contribution in [1.29, 1.82) is 0 Å². The van der Waals surface area contributed by atoms with E-state index < -0.39 is 26.1 Å². The summed E-state index contributed by atoms with van der Waals surface area (Å²) in [7, 11) is -2.06. The number of oxime groups is 1. The molecule has 1 atom stereocenters. The molecule has 6 heteroatoms. The summed E-state index contributed by atoms with van der Waals surface area (Å²) in [5, 5.41) is 12.4. The van der Waals surface area contributed by atoms with Crippen molar-refractivity contribution in [2.24, 2.45) is 5.16 Å². The van der Waals surface area contributed by atoms with Crippen LogP contribution in [-0.4, -0.2) is 25.3 Å². The lowest BCUT2D eigenvalue weighted by atomic mass is 10.1. The Hall–Kier alpha value is -1.27. The second kappa shape index (κ2) is 6.23. The molecule has 1 aromatic carbocycles. The zero-order valence-electron chi connectivity index (χ0n) is 13.4. The fraction of sp³-hybridized carbons (Fsp3) is 0.533. The first kappa shape index (κ1) is 17.8. The van der Waals surface area contributed by atoms with Crippen LogP contribution in [0.1, 0.15) is 33.3 Å². The summed E-state index contributed by atoms with van der Waals surface area (Å²) in [4.78, 5) is 0. The standard InChI is InChI=1S/C15H23F2NO2Si/c1-10(20-21(5,6)15(2,3)4)14(18-19)11-7-8-12(16)13(17)9-11/h7-10,19H,1-6H3/b18-14-/t10-/m0/s1. The van der Waals surface area contributed by atoms with Crippen LogP contribution in [-0.2, 0) is 4.43 Å². The Morgan fingerprint density at radius 1 is 1.24 bits per heavy atom. The lowest BCUT2D eigenvalue weighted by Crippen LogP contribution is -2.45. The second-order valence-electron chi connectivity index (χ2n) is 6.63. The second-order valence-corrected chi connectivity index (χ2v) is 11.4. The van der Waals surface area contributed by atoms with E-state index in [4.69, 9.17) is 4.43 Å². The van der Waals surface area contributed by atoms with Gasteiger partial charge in [-0.3, -0.25) is 0 Å². The summed E-state index contributed by atoms with van der Waals surface area (Å²) in [5.41, 5.74) is 0.501. The maximum Gasteiger partial charge on any atom is 0.192 e. The molecule has 1 aromatic rings. The molecule has 0 saturated heterocycles. The van der Waals surface area contributed by atoms with Crippen LogP contribution in [0.3, 0.4) is 0 Å². The molecule has 0 unspecified atom stereocenters. The van der Waals surface area contributed by atoms with Crippen molar-refractivity contribution in [2.45, 2.75) is 51.9 Å². The van der Waals surface area contributed by atoms with Crippen LogP contribution in [0.2, 0.25) is 18.1 Å². The van der Waals surface area contributed by atoms with Crippen LogP contribution in [0.4, 0.5) is 8.78 Å². The minimum atomic E-state index is -2.06. The van der Waals surface area contributed by atoms with Gasteiger partial charge in [0.1, 0.15) is 5.71 Å². The molecule has 0 heterocycles. The van der Waals surface area contributed by atoms with Crippen molar-refractivity contribution < 1.29 is 18.4 Å². The first-order chi connectivity index (χ1) is 9.49. The van der Waals surface area contributed by atoms with E-state index in [0.29, 0.717) is 5.56 Å². The van der Waals surface area contributed by atoms with Gasteiger partial charge in [0.25, 0.3) is 0 Å². The Bertz CT molecular complexity index is 539. The van der Waals surface area contributed by atoms with Crippen LogP contribution in [0.25, 0.3) is 0 Å². The van der Waals surface area contributed by atoms with Crippen LogP contribution < -0.4 is 0 Å². The summed E-state index contributed by atoms with van der Waals surface area (Å²) < 4.78 is 32.4. The molecule has 0 aromatic heterocycles. The van der Waals surface area contributed by atoms with E-state index in [2.05, 4.69) is 39.0 Å². The number of hydrogen-bond donors (Lipinski definition) is 1. The van der Waals surface area contributed by atoms with Crippen molar-refractivity contribution >= 4 is 14.0 Å². The van der Waals surface area contributed by atoms with Gasteiger partial charge in [0, 0.05) is 5.56 Å². The quantitative estimate of drug-likeness (QED) is 0.383. The highest BCUT2D eigenvalue weighted by molar-refractivity contribution is 6.74. The van der Waals surface area contributed by atoms with Gasteiger partial charge in [-0.25, -0.2) is 8.78 Å². The molecular formula is C15H23F2NO2Si. The highest BCUT2D eigenvalue weighted by Crippen LogP contribution is 2.37. The maximum absolute atomic E-state index is 13.3. The van der Waals surface area contributed by atoms with Gasteiger partial charge in [0.15, 0.2) is 20.0 Å². The molecule has 1 rings (SSSR count). The smallest absolute Gasteiger partial charge is 0.192 e. The predicted octanol–water partition coefficient (Wildman–Crippen LogP) is 4.55. The molecule has 118 valence electrons. The fourth-order valence-electron chi connectivity index (χ4n) is 1.70. The summed E-state index contributed by atoms with van der Waals surface area (Å²) in [6, 6.07) is 3.39. The average molecular weight is 315 g/mol.